The van der Waals surface area contributed by atoms with Crippen molar-refractivity contribution in [3.63, 3.8) is 0 Å². The van der Waals surface area contributed by atoms with E-state index in [0.29, 0.717) is 18.0 Å². The Morgan fingerprint density at radius 1 is 0.953 bits per heavy atom. The first-order valence-corrected chi connectivity index (χ1v) is 11.9. The minimum Gasteiger partial charge on any atom is -0.490 e. The van der Waals surface area contributed by atoms with Gasteiger partial charge in [0.2, 0.25) is 0 Å². The van der Waals surface area contributed by atoms with E-state index in [4.69, 9.17) is 29.3 Å². The van der Waals surface area contributed by atoms with Gasteiger partial charge in [0.15, 0.2) is 0 Å². The van der Waals surface area contributed by atoms with Crippen LogP contribution in [-0.4, -0.2) is 82.9 Å². The van der Waals surface area contributed by atoms with Crippen LogP contribution in [0.4, 0.5) is 36.8 Å². The molecule has 0 aliphatic rings. The van der Waals surface area contributed by atoms with Crippen molar-refractivity contribution in [1.82, 2.24) is 15.1 Å². The molecule has 0 saturated heterocycles. The maximum atomic E-state index is 12.3. The van der Waals surface area contributed by atoms with Gasteiger partial charge in [-0.2, -0.15) is 31.4 Å². The van der Waals surface area contributed by atoms with E-state index < -0.39 is 30.4 Å². The number of alkyl halides is 6. The van der Waals surface area contributed by atoms with E-state index in [2.05, 4.69) is 15.5 Å². The number of H-pyrrole nitrogens is 1. The smallest absolute Gasteiger partial charge is 0.490 e. The third-order valence-electron chi connectivity index (χ3n) is 4.85. The molecule has 0 aliphatic carbocycles. The van der Waals surface area contributed by atoms with Gasteiger partial charge in [-0.3, -0.25) is 10.4 Å². The highest BCUT2D eigenvalue weighted by Crippen LogP contribution is 2.32. The van der Waals surface area contributed by atoms with Crippen molar-refractivity contribution in [1.29, 1.82) is 0 Å². The first-order chi connectivity index (χ1) is 19.9. The number of carbonyl (C=O) groups is 3. The minimum absolute atomic E-state index is 0.204. The maximum absolute atomic E-state index is 12.3. The summed E-state index contributed by atoms with van der Waals surface area (Å²) in [6, 6.07) is 15.2. The Balaban J connectivity index is 0.000000548. The number of aromatic nitrogens is 2. The number of ether oxygens (including phenoxy) is 2. The Labute approximate surface area is 241 Å². The fraction of sp³-hybridized carbons (Fsp3) is 0.308. The minimum atomic E-state index is -5.08. The normalized spacial score (nSPS) is 10.9. The molecule has 4 N–H and O–H groups in total. The molecule has 3 aromatic rings. The van der Waals surface area contributed by atoms with E-state index in [0.717, 1.165) is 28.9 Å². The quantitative estimate of drug-likeness (QED) is 0.244. The number of nitrogens with zero attached hydrogens (tertiary/aromatic N) is 2. The molecule has 17 heteroatoms. The molecule has 1 heterocycles. The van der Waals surface area contributed by atoms with Crippen molar-refractivity contribution in [3.8, 4) is 16.9 Å². The number of anilines is 1. The molecule has 1 amide bonds. The molecule has 0 saturated carbocycles. The Morgan fingerprint density at radius 2 is 1.51 bits per heavy atom. The zero-order valence-electron chi connectivity index (χ0n) is 22.9. The standard InChI is InChI=1S/C22H26N4O3.2C2HF3O2/c1-16-19(14-23-25-16)18-9-10-20(21(13-18)28-12-11-26(2)3)24-22(27)29-15-17-7-5-4-6-8-17;2*3-2(4,5)1(6)7/h4-10,13-14H,11-12,15H2,1-3H3,(H,23,25)(H,24,27);2*(H,6,7). The number of aromatic amines is 1. The molecule has 0 bridgehead atoms. The van der Waals surface area contributed by atoms with Gasteiger partial charge >= 0.3 is 30.4 Å². The number of nitrogens with one attached hydrogen (secondary N) is 2. The number of aryl methyl sites for hydroxylation is 1. The van der Waals surface area contributed by atoms with Crippen molar-refractivity contribution in [2.45, 2.75) is 25.9 Å². The van der Waals surface area contributed by atoms with E-state index in [1.165, 1.54) is 0 Å². The number of hydrogen-bond acceptors (Lipinski definition) is 7. The number of rotatable bonds is 8. The fourth-order valence-electron chi connectivity index (χ4n) is 2.76. The number of carboxylic acids is 2. The van der Waals surface area contributed by atoms with Crippen LogP contribution < -0.4 is 10.1 Å². The number of aliphatic carboxylic acids is 2. The predicted molar refractivity (Wildman–Crippen MR) is 140 cm³/mol. The Morgan fingerprint density at radius 3 is 1.98 bits per heavy atom. The molecule has 0 radical (unpaired) electrons. The summed E-state index contributed by atoms with van der Waals surface area (Å²) in [5.74, 6) is -4.93. The van der Waals surface area contributed by atoms with Crippen molar-refractivity contribution in [3.05, 3.63) is 66.0 Å². The van der Waals surface area contributed by atoms with Crippen molar-refractivity contribution >= 4 is 23.7 Å². The highest BCUT2D eigenvalue weighted by atomic mass is 19.4. The third-order valence-corrected chi connectivity index (χ3v) is 4.85. The van der Waals surface area contributed by atoms with Crippen LogP contribution in [-0.2, 0) is 20.9 Å². The number of halogens is 6. The first-order valence-electron chi connectivity index (χ1n) is 11.9. The molecule has 1 aromatic heterocycles. The van der Waals surface area contributed by atoms with Crippen molar-refractivity contribution < 1.29 is 60.4 Å². The van der Waals surface area contributed by atoms with Gasteiger partial charge < -0.3 is 24.6 Å². The van der Waals surface area contributed by atoms with Crippen LogP contribution in [0.1, 0.15) is 11.3 Å². The summed E-state index contributed by atoms with van der Waals surface area (Å²) in [5.41, 5.74) is 4.40. The summed E-state index contributed by atoms with van der Waals surface area (Å²) in [6.07, 6.45) is -8.92. The summed E-state index contributed by atoms with van der Waals surface area (Å²) < 4.78 is 74.7. The van der Waals surface area contributed by atoms with Gasteiger partial charge in [-0.15, -0.1) is 0 Å². The van der Waals surface area contributed by atoms with Crippen LogP contribution in [0.15, 0.2) is 54.7 Å². The molecule has 43 heavy (non-hydrogen) atoms. The van der Waals surface area contributed by atoms with E-state index in [1.807, 2.05) is 74.4 Å². The number of carbonyl (C=O) groups excluding carboxylic acids is 1. The van der Waals surface area contributed by atoms with Crippen LogP contribution in [0.2, 0.25) is 0 Å². The van der Waals surface area contributed by atoms with Crippen LogP contribution in [0, 0.1) is 6.92 Å². The van der Waals surface area contributed by atoms with Crippen LogP contribution in [0.25, 0.3) is 11.1 Å². The number of amides is 1. The molecule has 0 aliphatic heterocycles. The lowest BCUT2D eigenvalue weighted by Crippen LogP contribution is -2.21. The van der Waals surface area contributed by atoms with Crippen LogP contribution in [0.3, 0.4) is 0 Å². The Hall–Kier alpha value is -4.80. The van der Waals surface area contributed by atoms with E-state index >= 15 is 0 Å². The average molecular weight is 623 g/mol. The molecule has 0 spiro atoms. The average Bonchev–Trinajstić information content (AvgIpc) is 3.34. The van der Waals surface area contributed by atoms with Gasteiger partial charge in [0.25, 0.3) is 0 Å². The second-order valence-corrected chi connectivity index (χ2v) is 8.56. The van der Waals surface area contributed by atoms with E-state index in [9.17, 15) is 31.1 Å². The van der Waals surface area contributed by atoms with Gasteiger partial charge in [-0.1, -0.05) is 36.4 Å². The first kappa shape index (κ1) is 36.2. The molecule has 11 nitrogen and oxygen atoms in total. The summed E-state index contributed by atoms with van der Waals surface area (Å²) in [7, 11) is 3.96. The zero-order valence-corrected chi connectivity index (χ0v) is 22.9. The molecule has 0 unspecified atom stereocenters. The number of carboxylic acid groups (broad SMARTS) is 2. The van der Waals surface area contributed by atoms with Crippen LogP contribution >= 0.6 is 0 Å². The van der Waals surface area contributed by atoms with Crippen molar-refractivity contribution in [2.75, 3.05) is 32.6 Å². The third kappa shape index (κ3) is 14.1. The Bertz CT molecular complexity index is 1310. The largest absolute Gasteiger partial charge is 0.490 e. The zero-order chi connectivity index (χ0) is 32.8. The predicted octanol–water partition coefficient (Wildman–Crippen LogP) is 5.34. The molecule has 236 valence electrons. The topological polar surface area (TPSA) is 154 Å². The summed E-state index contributed by atoms with van der Waals surface area (Å²) in [5, 5.41) is 24.0. The summed E-state index contributed by atoms with van der Waals surface area (Å²) in [4.78, 5) is 32.1. The van der Waals surface area contributed by atoms with Gasteiger partial charge in [-0.05, 0) is 44.3 Å². The molecular weight excluding hydrogens is 594 g/mol. The van der Waals surface area contributed by atoms with Gasteiger partial charge in [0, 0.05) is 17.8 Å². The van der Waals surface area contributed by atoms with Gasteiger partial charge in [-0.25, -0.2) is 14.4 Å². The second-order valence-electron chi connectivity index (χ2n) is 8.56. The number of hydrogen-bond donors (Lipinski definition) is 4. The molecule has 0 fully saturated rings. The lowest BCUT2D eigenvalue weighted by molar-refractivity contribution is -0.193. The molecule has 3 rings (SSSR count). The SMILES string of the molecule is Cc1[nH]ncc1-c1ccc(NC(=O)OCc2ccccc2)c(OCCN(C)C)c1.O=C(O)C(F)(F)F.O=C(O)C(F)(F)F. The second kappa shape index (κ2) is 16.6. The summed E-state index contributed by atoms with van der Waals surface area (Å²) >= 11 is 0. The van der Waals surface area contributed by atoms with Crippen molar-refractivity contribution in [2.24, 2.45) is 0 Å². The summed E-state index contributed by atoms with van der Waals surface area (Å²) in [6.45, 7) is 3.42. The molecular formula is C26H28F6N4O7. The highest BCUT2D eigenvalue weighted by molar-refractivity contribution is 5.88. The Kier molecular flexibility index (Phi) is 14.0. The molecule has 0 atom stereocenters. The van der Waals surface area contributed by atoms with Crippen LogP contribution in [0.5, 0.6) is 5.75 Å². The lowest BCUT2D eigenvalue weighted by atomic mass is 10.1. The fourth-order valence-corrected chi connectivity index (χ4v) is 2.76. The maximum Gasteiger partial charge on any atom is 0.490 e. The van der Waals surface area contributed by atoms with E-state index in [1.54, 1.807) is 6.20 Å². The van der Waals surface area contributed by atoms with Gasteiger partial charge in [0.05, 0.1) is 11.9 Å². The molecule has 2 aromatic carbocycles. The highest BCUT2D eigenvalue weighted by Gasteiger charge is 2.38. The van der Waals surface area contributed by atoms with E-state index in [-0.39, 0.29) is 6.61 Å². The monoisotopic (exact) mass is 622 g/mol. The number of benzene rings is 2. The lowest BCUT2D eigenvalue weighted by Gasteiger charge is -2.16. The van der Waals surface area contributed by atoms with Gasteiger partial charge in [0.1, 0.15) is 19.0 Å². The number of likely N-dealkylation sites (N-methyl/N-ethyl adjacent to an activating group) is 1.